The minimum Gasteiger partial charge on any atom is -0.399 e. The lowest BCUT2D eigenvalue weighted by atomic mass is 10.3. The highest BCUT2D eigenvalue weighted by atomic mass is 15.0. The van der Waals surface area contributed by atoms with Crippen LogP contribution in [0.15, 0.2) is 18.2 Å². The molecule has 56 valence electrons. The Hall–Kier alpha value is -1.71. The van der Waals surface area contributed by atoms with Crippen LogP contribution in [0.3, 0.4) is 0 Å². The lowest BCUT2D eigenvalue weighted by molar-refractivity contribution is 1.35. The van der Waals surface area contributed by atoms with Gasteiger partial charge in [-0.15, -0.1) is 0 Å². The molecule has 0 atom stereocenters. The summed E-state index contributed by atoms with van der Waals surface area (Å²) in [7, 11) is 0. The molecular formula is C7H8N4. The molecule has 0 bridgehead atoms. The second-order valence-corrected chi connectivity index (χ2v) is 2.40. The molecule has 4 heteroatoms. The summed E-state index contributed by atoms with van der Waals surface area (Å²) in [6.45, 7) is 0. The first-order chi connectivity index (χ1) is 5.25. The van der Waals surface area contributed by atoms with Gasteiger partial charge in [0, 0.05) is 5.69 Å². The lowest BCUT2D eigenvalue weighted by Crippen LogP contribution is -1.84. The summed E-state index contributed by atoms with van der Waals surface area (Å²) in [4.78, 5) is 6.91. The topological polar surface area (TPSA) is 80.7 Å². The van der Waals surface area contributed by atoms with E-state index in [1.54, 1.807) is 12.1 Å². The van der Waals surface area contributed by atoms with Gasteiger partial charge in [0.2, 0.25) is 0 Å². The first-order valence-corrected chi connectivity index (χ1v) is 3.26. The monoisotopic (exact) mass is 148 g/mol. The molecule has 1 aromatic carbocycles. The Balaban J connectivity index is 2.82. The molecule has 0 saturated heterocycles. The fraction of sp³-hybridized carbons (Fsp3) is 0. The SMILES string of the molecule is Nc1ccc2[nH]c(N)nc2c1. The fourth-order valence-corrected chi connectivity index (χ4v) is 1.04. The predicted molar refractivity (Wildman–Crippen MR) is 44.9 cm³/mol. The van der Waals surface area contributed by atoms with Crippen LogP contribution in [0.25, 0.3) is 11.0 Å². The summed E-state index contributed by atoms with van der Waals surface area (Å²) >= 11 is 0. The Labute approximate surface area is 63.2 Å². The number of rotatable bonds is 0. The molecule has 11 heavy (non-hydrogen) atoms. The molecule has 0 aliphatic rings. The second-order valence-electron chi connectivity index (χ2n) is 2.40. The van der Waals surface area contributed by atoms with Crippen LogP contribution in [-0.2, 0) is 0 Å². The van der Waals surface area contributed by atoms with E-state index in [4.69, 9.17) is 11.5 Å². The van der Waals surface area contributed by atoms with Crippen molar-refractivity contribution >= 4 is 22.7 Å². The van der Waals surface area contributed by atoms with Gasteiger partial charge < -0.3 is 16.5 Å². The zero-order chi connectivity index (χ0) is 7.84. The Morgan fingerprint density at radius 1 is 1.27 bits per heavy atom. The van der Waals surface area contributed by atoms with Crippen LogP contribution in [0.2, 0.25) is 0 Å². The van der Waals surface area contributed by atoms with Gasteiger partial charge in [-0.3, -0.25) is 0 Å². The van der Waals surface area contributed by atoms with E-state index >= 15 is 0 Å². The van der Waals surface area contributed by atoms with Gasteiger partial charge in [0.25, 0.3) is 0 Å². The second kappa shape index (κ2) is 1.88. The van der Waals surface area contributed by atoms with Gasteiger partial charge in [-0.1, -0.05) is 0 Å². The van der Waals surface area contributed by atoms with E-state index in [0.29, 0.717) is 11.6 Å². The van der Waals surface area contributed by atoms with Crippen LogP contribution < -0.4 is 11.5 Å². The number of nitrogens with one attached hydrogen (secondary N) is 1. The number of benzene rings is 1. The number of anilines is 2. The summed E-state index contributed by atoms with van der Waals surface area (Å²) in [5, 5.41) is 0. The Bertz CT molecular complexity index is 390. The molecular weight excluding hydrogens is 140 g/mol. The van der Waals surface area contributed by atoms with Crippen LogP contribution >= 0.6 is 0 Å². The largest absolute Gasteiger partial charge is 0.399 e. The van der Waals surface area contributed by atoms with E-state index in [1.165, 1.54) is 0 Å². The molecule has 5 N–H and O–H groups in total. The van der Waals surface area contributed by atoms with Crippen molar-refractivity contribution in [1.82, 2.24) is 9.97 Å². The number of H-pyrrole nitrogens is 1. The quantitative estimate of drug-likeness (QED) is 0.482. The molecule has 0 fully saturated rings. The van der Waals surface area contributed by atoms with E-state index in [1.807, 2.05) is 6.07 Å². The normalized spacial score (nSPS) is 10.5. The number of aromatic nitrogens is 2. The third-order valence-corrected chi connectivity index (χ3v) is 1.53. The molecule has 1 aromatic heterocycles. The maximum atomic E-state index is 5.54. The molecule has 1 heterocycles. The fourth-order valence-electron chi connectivity index (χ4n) is 1.04. The van der Waals surface area contributed by atoms with Crippen molar-refractivity contribution in [3.05, 3.63) is 18.2 Å². The number of fused-ring (bicyclic) bond motifs is 1. The first kappa shape index (κ1) is 6.03. The Kier molecular flexibility index (Phi) is 1.03. The van der Waals surface area contributed by atoms with Crippen molar-refractivity contribution in [1.29, 1.82) is 0 Å². The molecule has 0 saturated carbocycles. The molecule has 2 aromatic rings. The highest BCUT2D eigenvalue weighted by Gasteiger charge is 1.97. The smallest absolute Gasteiger partial charge is 0.198 e. The zero-order valence-electron chi connectivity index (χ0n) is 5.83. The number of nitrogen functional groups attached to an aromatic ring is 2. The molecule has 2 rings (SSSR count). The van der Waals surface area contributed by atoms with Crippen molar-refractivity contribution in [3.8, 4) is 0 Å². The standard InChI is InChI=1S/C7H8N4/c8-4-1-2-5-6(3-4)11-7(9)10-5/h1-3H,8H2,(H3,9,10,11). The van der Waals surface area contributed by atoms with Crippen molar-refractivity contribution in [3.63, 3.8) is 0 Å². The number of hydrogen-bond donors (Lipinski definition) is 3. The maximum absolute atomic E-state index is 5.54. The van der Waals surface area contributed by atoms with Crippen molar-refractivity contribution < 1.29 is 0 Å². The van der Waals surface area contributed by atoms with Crippen molar-refractivity contribution in [2.24, 2.45) is 0 Å². The van der Waals surface area contributed by atoms with Crippen LogP contribution in [-0.4, -0.2) is 9.97 Å². The molecule has 0 spiro atoms. The van der Waals surface area contributed by atoms with Gasteiger partial charge in [-0.25, -0.2) is 4.98 Å². The number of nitrogens with zero attached hydrogens (tertiary/aromatic N) is 1. The van der Waals surface area contributed by atoms with Crippen molar-refractivity contribution in [2.75, 3.05) is 11.5 Å². The molecule has 0 radical (unpaired) electrons. The number of nitrogens with two attached hydrogens (primary N) is 2. The molecule has 0 aliphatic heterocycles. The third-order valence-electron chi connectivity index (χ3n) is 1.53. The van der Waals surface area contributed by atoms with E-state index in [9.17, 15) is 0 Å². The number of aromatic amines is 1. The van der Waals surface area contributed by atoms with Gasteiger partial charge in [0.05, 0.1) is 11.0 Å². The van der Waals surface area contributed by atoms with E-state index in [0.717, 1.165) is 11.0 Å². The van der Waals surface area contributed by atoms with Gasteiger partial charge in [-0.2, -0.15) is 0 Å². The summed E-state index contributed by atoms with van der Waals surface area (Å²) in [6.07, 6.45) is 0. The average molecular weight is 148 g/mol. The minimum atomic E-state index is 0.422. The average Bonchev–Trinajstić information content (AvgIpc) is 2.27. The third kappa shape index (κ3) is 0.881. The van der Waals surface area contributed by atoms with Gasteiger partial charge in [0.15, 0.2) is 5.95 Å². The van der Waals surface area contributed by atoms with Crippen LogP contribution in [0.1, 0.15) is 0 Å². The summed E-state index contributed by atoms with van der Waals surface area (Å²) < 4.78 is 0. The van der Waals surface area contributed by atoms with Gasteiger partial charge in [-0.05, 0) is 18.2 Å². The van der Waals surface area contributed by atoms with Gasteiger partial charge in [0.1, 0.15) is 0 Å². The van der Waals surface area contributed by atoms with E-state index in [-0.39, 0.29) is 0 Å². The molecule has 0 unspecified atom stereocenters. The van der Waals surface area contributed by atoms with Crippen LogP contribution in [0.4, 0.5) is 11.6 Å². The molecule has 0 aliphatic carbocycles. The lowest BCUT2D eigenvalue weighted by Gasteiger charge is -1.89. The number of hydrogen-bond acceptors (Lipinski definition) is 3. The summed E-state index contributed by atoms with van der Waals surface area (Å²) in [6, 6.07) is 5.44. The van der Waals surface area contributed by atoms with E-state index in [2.05, 4.69) is 9.97 Å². The van der Waals surface area contributed by atoms with Gasteiger partial charge >= 0.3 is 0 Å². The predicted octanol–water partition coefficient (Wildman–Crippen LogP) is 0.727. The van der Waals surface area contributed by atoms with Crippen LogP contribution in [0, 0.1) is 0 Å². The summed E-state index contributed by atoms with van der Waals surface area (Å²) in [5.74, 6) is 0.422. The number of imidazole rings is 1. The van der Waals surface area contributed by atoms with E-state index < -0.39 is 0 Å². The molecule has 4 nitrogen and oxygen atoms in total. The highest BCUT2D eigenvalue weighted by Crippen LogP contribution is 2.14. The Morgan fingerprint density at radius 3 is 2.91 bits per heavy atom. The maximum Gasteiger partial charge on any atom is 0.198 e. The molecule has 0 amide bonds. The van der Waals surface area contributed by atoms with Crippen molar-refractivity contribution in [2.45, 2.75) is 0 Å². The van der Waals surface area contributed by atoms with Crippen LogP contribution in [0.5, 0.6) is 0 Å². The highest BCUT2D eigenvalue weighted by molar-refractivity contribution is 5.80. The Morgan fingerprint density at radius 2 is 2.09 bits per heavy atom. The zero-order valence-corrected chi connectivity index (χ0v) is 5.83. The minimum absolute atomic E-state index is 0.422. The first-order valence-electron chi connectivity index (χ1n) is 3.26. The summed E-state index contributed by atoms with van der Waals surface area (Å²) in [5.41, 5.74) is 13.4.